The molecule has 0 N–H and O–H groups in total. The Labute approximate surface area is 154 Å². The minimum Gasteiger partial charge on any atom is -0.497 e. The highest BCUT2D eigenvalue weighted by molar-refractivity contribution is 5.85. The van der Waals surface area contributed by atoms with Gasteiger partial charge in [-0.2, -0.15) is 0 Å². The fourth-order valence-corrected chi connectivity index (χ4v) is 4.07. The summed E-state index contributed by atoms with van der Waals surface area (Å²) in [5.74, 6) is 0.729. The highest BCUT2D eigenvalue weighted by Crippen LogP contribution is 2.31. The summed E-state index contributed by atoms with van der Waals surface area (Å²) >= 11 is 0. The van der Waals surface area contributed by atoms with Crippen LogP contribution >= 0.6 is 0 Å². The number of nitrogens with zero attached hydrogens (tertiary/aromatic N) is 2. The van der Waals surface area contributed by atoms with Crippen LogP contribution in [-0.2, 0) is 25.9 Å². The van der Waals surface area contributed by atoms with Gasteiger partial charge in [-0.1, -0.05) is 12.1 Å². The van der Waals surface area contributed by atoms with Crippen LogP contribution in [0.2, 0.25) is 0 Å². The number of hydrogen-bond acceptors (Lipinski definition) is 2. The van der Waals surface area contributed by atoms with Gasteiger partial charge in [0.05, 0.1) is 7.11 Å². The molecule has 2 aromatic carbocycles. The van der Waals surface area contributed by atoms with Crippen LogP contribution in [-0.4, -0.2) is 30.2 Å². The molecule has 0 aliphatic carbocycles. The normalized spacial score (nSPS) is 15.0. The Balaban J connectivity index is 1.70. The second-order valence-electron chi connectivity index (χ2n) is 7.18. The Hall–Kier alpha value is -2.33. The lowest BCUT2D eigenvalue weighted by atomic mass is 10.1. The molecule has 1 aromatic heterocycles. The van der Waals surface area contributed by atoms with Crippen molar-refractivity contribution in [1.29, 1.82) is 0 Å². The fourth-order valence-electron chi connectivity index (χ4n) is 4.07. The van der Waals surface area contributed by atoms with Gasteiger partial charge in [-0.25, -0.2) is 4.39 Å². The molecule has 0 unspecified atom stereocenters. The van der Waals surface area contributed by atoms with Gasteiger partial charge in [0.1, 0.15) is 11.6 Å². The van der Waals surface area contributed by atoms with Crippen molar-refractivity contribution in [2.24, 2.45) is 0 Å². The maximum absolute atomic E-state index is 13.9. The van der Waals surface area contributed by atoms with E-state index < -0.39 is 0 Å². The van der Waals surface area contributed by atoms with Crippen LogP contribution < -0.4 is 4.74 Å². The number of benzene rings is 2. The van der Waals surface area contributed by atoms with Gasteiger partial charge in [0.2, 0.25) is 0 Å². The maximum atomic E-state index is 13.9. The first-order valence-corrected chi connectivity index (χ1v) is 9.26. The number of hydrogen-bond donors (Lipinski definition) is 0. The van der Waals surface area contributed by atoms with Crippen molar-refractivity contribution < 1.29 is 9.13 Å². The Bertz CT molecular complexity index is 914. The molecule has 0 spiro atoms. The third-order valence-corrected chi connectivity index (χ3v) is 5.41. The third-order valence-electron chi connectivity index (χ3n) is 5.41. The molecule has 3 aromatic rings. The third kappa shape index (κ3) is 3.21. The molecule has 0 fully saturated rings. The number of fused-ring (bicyclic) bond motifs is 3. The predicted octanol–water partition coefficient (Wildman–Crippen LogP) is 4.41. The minimum atomic E-state index is -0.153. The maximum Gasteiger partial charge on any atom is 0.123 e. The topological polar surface area (TPSA) is 17.4 Å². The number of halogens is 1. The highest BCUT2D eigenvalue weighted by Gasteiger charge is 2.21. The van der Waals surface area contributed by atoms with Crippen LogP contribution in [0.3, 0.4) is 0 Å². The zero-order chi connectivity index (χ0) is 18.1. The van der Waals surface area contributed by atoms with Crippen molar-refractivity contribution in [2.45, 2.75) is 32.4 Å². The molecule has 1 aliphatic rings. The number of methoxy groups -OCH3 is 1. The van der Waals surface area contributed by atoms with Gasteiger partial charge in [-0.15, -0.1) is 0 Å². The summed E-state index contributed by atoms with van der Waals surface area (Å²) in [5.41, 5.74) is 5.12. The molecular weight excluding hydrogens is 327 g/mol. The molecule has 26 heavy (non-hydrogen) atoms. The zero-order valence-corrected chi connectivity index (χ0v) is 15.5. The highest BCUT2D eigenvalue weighted by atomic mass is 19.1. The summed E-state index contributed by atoms with van der Waals surface area (Å²) in [7, 11) is 3.83. The molecular formula is C22H25FN2O. The first kappa shape index (κ1) is 17.1. The van der Waals surface area contributed by atoms with Crippen molar-refractivity contribution in [1.82, 2.24) is 9.47 Å². The predicted molar refractivity (Wildman–Crippen MR) is 103 cm³/mol. The van der Waals surface area contributed by atoms with E-state index in [0.717, 1.165) is 55.5 Å². The summed E-state index contributed by atoms with van der Waals surface area (Å²) in [5, 5.41) is 1.07. The Morgan fingerprint density at radius 3 is 2.69 bits per heavy atom. The molecule has 0 radical (unpaired) electrons. The van der Waals surface area contributed by atoms with Gasteiger partial charge in [-0.05, 0) is 74.3 Å². The van der Waals surface area contributed by atoms with Crippen molar-refractivity contribution in [2.75, 3.05) is 20.7 Å². The van der Waals surface area contributed by atoms with Crippen LogP contribution in [0.25, 0.3) is 10.9 Å². The summed E-state index contributed by atoms with van der Waals surface area (Å²) in [6.07, 6.45) is 3.15. The summed E-state index contributed by atoms with van der Waals surface area (Å²) in [6.45, 7) is 2.89. The van der Waals surface area contributed by atoms with Crippen LogP contribution in [0.5, 0.6) is 5.75 Å². The number of aryl methyl sites for hydroxylation is 2. The van der Waals surface area contributed by atoms with Gasteiger partial charge in [0.15, 0.2) is 0 Å². The largest absolute Gasteiger partial charge is 0.497 e. The van der Waals surface area contributed by atoms with Crippen molar-refractivity contribution in [3.05, 3.63) is 65.1 Å². The second-order valence-corrected chi connectivity index (χ2v) is 7.18. The van der Waals surface area contributed by atoms with Crippen molar-refractivity contribution in [3.8, 4) is 5.75 Å². The van der Waals surface area contributed by atoms with Gasteiger partial charge < -0.3 is 14.2 Å². The van der Waals surface area contributed by atoms with Crippen LogP contribution in [0, 0.1) is 5.82 Å². The molecule has 4 rings (SSSR count). The molecule has 0 saturated heterocycles. The van der Waals surface area contributed by atoms with E-state index in [1.165, 1.54) is 16.8 Å². The van der Waals surface area contributed by atoms with E-state index in [0.29, 0.717) is 0 Å². The average Bonchev–Trinajstić information content (AvgIpc) is 2.79. The molecule has 0 bridgehead atoms. The van der Waals surface area contributed by atoms with E-state index >= 15 is 0 Å². The monoisotopic (exact) mass is 352 g/mol. The summed E-state index contributed by atoms with van der Waals surface area (Å²) in [6, 6.07) is 13.5. The molecule has 2 heterocycles. The van der Waals surface area contributed by atoms with E-state index in [1.807, 2.05) is 18.2 Å². The Morgan fingerprint density at radius 1 is 1.12 bits per heavy atom. The standard InChI is InChI=1S/C22H25FN2O/c1-24-12-3-4-21-20(15-24)19-14-17(23)7-10-22(19)25(21)13-11-16-5-8-18(26-2)9-6-16/h5-10,14H,3-4,11-13,15H2,1-2H3. The molecule has 1 aliphatic heterocycles. The number of ether oxygens (including phenoxy) is 1. The first-order valence-electron chi connectivity index (χ1n) is 9.26. The lowest BCUT2D eigenvalue weighted by Gasteiger charge is -2.12. The van der Waals surface area contributed by atoms with Crippen molar-refractivity contribution >= 4 is 10.9 Å². The first-order chi connectivity index (χ1) is 12.7. The molecule has 0 saturated carbocycles. The summed E-state index contributed by atoms with van der Waals surface area (Å²) < 4.78 is 21.6. The average molecular weight is 352 g/mol. The quantitative estimate of drug-likeness (QED) is 0.692. The molecule has 3 nitrogen and oxygen atoms in total. The van der Waals surface area contributed by atoms with Gasteiger partial charge in [0, 0.05) is 29.7 Å². The van der Waals surface area contributed by atoms with E-state index in [1.54, 1.807) is 19.2 Å². The molecule has 4 heteroatoms. The smallest absolute Gasteiger partial charge is 0.123 e. The Kier molecular flexibility index (Phi) is 4.68. The summed E-state index contributed by atoms with van der Waals surface area (Å²) in [4.78, 5) is 2.34. The SMILES string of the molecule is COc1ccc(CCn2c3c(c4cc(F)ccc42)CN(C)CCC3)cc1. The van der Waals surface area contributed by atoms with Crippen LogP contribution in [0.4, 0.5) is 4.39 Å². The molecule has 136 valence electrons. The number of aromatic nitrogens is 1. The lowest BCUT2D eigenvalue weighted by Crippen LogP contribution is -2.17. The second kappa shape index (κ2) is 7.12. The van der Waals surface area contributed by atoms with E-state index in [2.05, 4.69) is 28.6 Å². The van der Waals surface area contributed by atoms with Gasteiger partial charge in [-0.3, -0.25) is 0 Å². The molecule has 0 amide bonds. The Morgan fingerprint density at radius 2 is 1.92 bits per heavy atom. The zero-order valence-electron chi connectivity index (χ0n) is 15.5. The number of rotatable bonds is 4. The van der Waals surface area contributed by atoms with E-state index in [9.17, 15) is 4.39 Å². The van der Waals surface area contributed by atoms with Crippen LogP contribution in [0.1, 0.15) is 23.2 Å². The van der Waals surface area contributed by atoms with E-state index in [-0.39, 0.29) is 5.82 Å². The van der Waals surface area contributed by atoms with E-state index in [4.69, 9.17) is 4.74 Å². The van der Waals surface area contributed by atoms with Crippen molar-refractivity contribution in [3.63, 3.8) is 0 Å². The van der Waals surface area contributed by atoms with Gasteiger partial charge >= 0.3 is 0 Å². The van der Waals surface area contributed by atoms with Gasteiger partial charge in [0.25, 0.3) is 0 Å². The minimum absolute atomic E-state index is 0.153. The fraction of sp³-hybridized carbons (Fsp3) is 0.364. The molecule has 0 atom stereocenters. The lowest BCUT2D eigenvalue weighted by molar-refractivity contribution is 0.333. The van der Waals surface area contributed by atoms with Crippen LogP contribution in [0.15, 0.2) is 42.5 Å².